The highest BCUT2D eigenvalue weighted by Gasteiger charge is 2.30. The standard InChI is InChI=1S/C16H23N3O/c1-16(2,3)14-11-17-12-19(14)15(20)18-10-9-13-7-5-4-6-8-13/h4-8,11,17H,9-10,12H2,1-3H3,(H,18,20). The number of amides is 2. The summed E-state index contributed by atoms with van der Waals surface area (Å²) >= 11 is 0. The molecule has 1 aliphatic rings. The van der Waals surface area contributed by atoms with Gasteiger partial charge in [-0.25, -0.2) is 4.79 Å². The van der Waals surface area contributed by atoms with Crippen LogP contribution in [0, 0.1) is 5.41 Å². The lowest BCUT2D eigenvalue weighted by Gasteiger charge is -2.28. The molecule has 108 valence electrons. The highest BCUT2D eigenvalue weighted by molar-refractivity contribution is 5.76. The molecule has 2 rings (SSSR count). The molecule has 0 bridgehead atoms. The lowest BCUT2D eigenvalue weighted by atomic mass is 9.92. The Hall–Kier alpha value is -1.97. The second kappa shape index (κ2) is 5.99. The minimum Gasteiger partial charge on any atom is -0.372 e. The average molecular weight is 273 g/mol. The molecule has 2 amide bonds. The maximum absolute atomic E-state index is 12.2. The first-order chi connectivity index (χ1) is 9.48. The molecule has 1 heterocycles. The monoisotopic (exact) mass is 273 g/mol. The maximum atomic E-state index is 12.2. The third-order valence-corrected chi connectivity index (χ3v) is 3.33. The molecule has 1 aromatic carbocycles. The van der Waals surface area contributed by atoms with Crippen molar-refractivity contribution in [1.82, 2.24) is 15.5 Å². The van der Waals surface area contributed by atoms with Crippen molar-refractivity contribution in [2.75, 3.05) is 13.2 Å². The van der Waals surface area contributed by atoms with Crippen molar-refractivity contribution in [3.05, 3.63) is 47.8 Å². The van der Waals surface area contributed by atoms with Crippen LogP contribution in [0.3, 0.4) is 0 Å². The first-order valence-corrected chi connectivity index (χ1v) is 7.02. The van der Waals surface area contributed by atoms with Crippen LogP contribution < -0.4 is 10.6 Å². The summed E-state index contributed by atoms with van der Waals surface area (Å²) in [5.74, 6) is 0. The van der Waals surface area contributed by atoms with Gasteiger partial charge in [-0.2, -0.15) is 0 Å². The van der Waals surface area contributed by atoms with Gasteiger partial charge in [0.15, 0.2) is 0 Å². The van der Waals surface area contributed by atoms with Crippen LogP contribution in [-0.2, 0) is 6.42 Å². The number of carbonyl (C=O) groups excluding carboxylic acids is 1. The molecule has 4 heteroatoms. The van der Waals surface area contributed by atoms with Crippen LogP contribution in [0.2, 0.25) is 0 Å². The highest BCUT2D eigenvalue weighted by atomic mass is 16.2. The smallest absolute Gasteiger partial charge is 0.323 e. The molecule has 0 unspecified atom stereocenters. The fourth-order valence-corrected chi connectivity index (χ4v) is 2.25. The summed E-state index contributed by atoms with van der Waals surface area (Å²) in [6.45, 7) is 7.52. The molecular formula is C16H23N3O. The lowest BCUT2D eigenvalue weighted by molar-refractivity contribution is 0.204. The van der Waals surface area contributed by atoms with E-state index in [1.165, 1.54) is 5.56 Å². The van der Waals surface area contributed by atoms with Gasteiger partial charge >= 0.3 is 6.03 Å². The predicted molar refractivity (Wildman–Crippen MR) is 80.9 cm³/mol. The number of urea groups is 1. The Morgan fingerprint density at radius 1 is 1.30 bits per heavy atom. The van der Waals surface area contributed by atoms with Gasteiger partial charge in [-0.05, 0) is 12.0 Å². The summed E-state index contributed by atoms with van der Waals surface area (Å²) in [5.41, 5.74) is 2.22. The molecule has 0 saturated carbocycles. The van der Waals surface area contributed by atoms with Gasteiger partial charge in [0, 0.05) is 23.9 Å². The molecule has 0 saturated heterocycles. The van der Waals surface area contributed by atoms with Crippen molar-refractivity contribution in [3.8, 4) is 0 Å². The van der Waals surface area contributed by atoms with Gasteiger partial charge in [0.25, 0.3) is 0 Å². The van der Waals surface area contributed by atoms with E-state index in [0.29, 0.717) is 13.2 Å². The molecule has 0 aromatic heterocycles. The Kier molecular flexibility index (Phi) is 4.32. The van der Waals surface area contributed by atoms with Gasteiger partial charge in [0.1, 0.15) is 0 Å². The van der Waals surface area contributed by atoms with E-state index in [2.05, 4.69) is 43.5 Å². The van der Waals surface area contributed by atoms with Crippen molar-refractivity contribution in [1.29, 1.82) is 0 Å². The Morgan fingerprint density at radius 2 is 2.00 bits per heavy atom. The van der Waals surface area contributed by atoms with Crippen LogP contribution in [-0.4, -0.2) is 24.1 Å². The molecule has 0 spiro atoms. The van der Waals surface area contributed by atoms with Crippen LogP contribution in [0.25, 0.3) is 0 Å². The van der Waals surface area contributed by atoms with E-state index in [4.69, 9.17) is 0 Å². The fraction of sp³-hybridized carbons (Fsp3) is 0.438. The molecule has 20 heavy (non-hydrogen) atoms. The molecule has 0 atom stereocenters. The summed E-state index contributed by atoms with van der Waals surface area (Å²) in [6, 6.07) is 10.1. The first kappa shape index (κ1) is 14.4. The maximum Gasteiger partial charge on any atom is 0.323 e. The summed E-state index contributed by atoms with van der Waals surface area (Å²) in [5, 5.41) is 6.10. The molecule has 1 aromatic rings. The van der Waals surface area contributed by atoms with E-state index in [-0.39, 0.29) is 11.4 Å². The number of allylic oxidation sites excluding steroid dienone is 1. The summed E-state index contributed by atoms with van der Waals surface area (Å²) in [7, 11) is 0. The van der Waals surface area contributed by atoms with Gasteiger partial charge in [-0.3, -0.25) is 4.90 Å². The zero-order valence-corrected chi connectivity index (χ0v) is 12.4. The van der Waals surface area contributed by atoms with E-state index in [1.54, 1.807) is 4.90 Å². The second-order valence-corrected chi connectivity index (χ2v) is 6.04. The lowest BCUT2D eigenvalue weighted by Crippen LogP contribution is -2.42. The van der Waals surface area contributed by atoms with E-state index < -0.39 is 0 Å². The quantitative estimate of drug-likeness (QED) is 0.889. The fourth-order valence-electron chi connectivity index (χ4n) is 2.25. The van der Waals surface area contributed by atoms with Crippen molar-refractivity contribution in [2.45, 2.75) is 27.2 Å². The van der Waals surface area contributed by atoms with Gasteiger partial charge in [0.05, 0.1) is 6.67 Å². The van der Waals surface area contributed by atoms with E-state index in [9.17, 15) is 4.79 Å². The largest absolute Gasteiger partial charge is 0.372 e. The molecule has 4 nitrogen and oxygen atoms in total. The second-order valence-electron chi connectivity index (χ2n) is 6.04. The van der Waals surface area contributed by atoms with Crippen molar-refractivity contribution >= 4 is 6.03 Å². The van der Waals surface area contributed by atoms with Crippen LogP contribution in [0.4, 0.5) is 4.79 Å². The van der Waals surface area contributed by atoms with E-state index >= 15 is 0 Å². The van der Waals surface area contributed by atoms with Crippen molar-refractivity contribution in [2.24, 2.45) is 5.41 Å². The van der Waals surface area contributed by atoms with Crippen LogP contribution >= 0.6 is 0 Å². The minimum absolute atomic E-state index is 0.0351. The van der Waals surface area contributed by atoms with E-state index in [1.807, 2.05) is 24.4 Å². The topological polar surface area (TPSA) is 44.4 Å². The molecule has 0 radical (unpaired) electrons. The van der Waals surface area contributed by atoms with Crippen molar-refractivity contribution in [3.63, 3.8) is 0 Å². The number of benzene rings is 1. The SMILES string of the molecule is CC(C)(C)C1=CNCN1C(=O)NCCc1ccccc1. The minimum atomic E-state index is -0.0414. The van der Waals surface area contributed by atoms with Gasteiger partial charge in [-0.15, -0.1) is 0 Å². The molecule has 0 aliphatic carbocycles. The van der Waals surface area contributed by atoms with Gasteiger partial charge < -0.3 is 10.6 Å². The number of nitrogens with zero attached hydrogens (tertiary/aromatic N) is 1. The average Bonchev–Trinajstić information content (AvgIpc) is 2.89. The predicted octanol–water partition coefficient (Wildman–Crippen LogP) is 2.69. The molecule has 2 N–H and O–H groups in total. The van der Waals surface area contributed by atoms with Crippen LogP contribution in [0.5, 0.6) is 0 Å². The van der Waals surface area contributed by atoms with Crippen LogP contribution in [0.1, 0.15) is 26.3 Å². The zero-order chi connectivity index (χ0) is 14.6. The number of hydrogen-bond donors (Lipinski definition) is 2. The Morgan fingerprint density at radius 3 is 2.65 bits per heavy atom. The number of rotatable bonds is 3. The van der Waals surface area contributed by atoms with Crippen molar-refractivity contribution < 1.29 is 4.79 Å². The third-order valence-electron chi connectivity index (χ3n) is 3.33. The molecular weight excluding hydrogens is 250 g/mol. The Labute approximate surface area is 120 Å². The number of carbonyl (C=O) groups is 1. The number of hydrogen-bond acceptors (Lipinski definition) is 2. The Balaban J connectivity index is 1.85. The zero-order valence-electron chi connectivity index (χ0n) is 12.4. The summed E-state index contributed by atoms with van der Waals surface area (Å²) in [4.78, 5) is 14.0. The van der Waals surface area contributed by atoms with Gasteiger partial charge in [0.2, 0.25) is 0 Å². The summed E-state index contributed by atoms with van der Waals surface area (Å²) in [6.07, 6.45) is 2.78. The van der Waals surface area contributed by atoms with Crippen LogP contribution in [0.15, 0.2) is 42.2 Å². The molecule has 0 fully saturated rings. The number of nitrogens with one attached hydrogen (secondary N) is 2. The highest BCUT2D eigenvalue weighted by Crippen LogP contribution is 2.29. The first-order valence-electron chi connectivity index (χ1n) is 7.02. The normalized spacial score (nSPS) is 14.8. The van der Waals surface area contributed by atoms with Gasteiger partial charge in [-0.1, -0.05) is 51.1 Å². The molecule has 1 aliphatic heterocycles. The van der Waals surface area contributed by atoms with E-state index in [0.717, 1.165) is 12.1 Å². The summed E-state index contributed by atoms with van der Waals surface area (Å²) < 4.78 is 0. The third kappa shape index (κ3) is 3.53. The Bertz CT molecular complexity index is 488.